The van der Waals surface area contributed by atoms with Crippen LogP contribution in [0.5, 0.6) is 0 Å². The van der Waals surface area contributed by atoms with Crippen LogP contribution in [0.1, 0.15) is 0 Å². The van der Waals surface area contributed by atoms with Crippen molar-refractivity contribution >= 4 is 22.7 Å². The SMILES string of the molecule is C=CN(c1cccc(F)c1)c1ncc2ncccc2n1. The predicted octanol–water partition coefficient (Wildman–Crippen LogP) is 3.45. The van der Waals surface area contributed by atoms with E-state index in [-0.39, 0.29) is 5.82 Å². The number of nitrogens with zero attached hydrogens (tertiary/aromatic N) is 4. The lowest BCUT2D eigenvalue weighted by atomic mass is 10.3. The monoisotopic (exact) mass is 266 g/mol. The van der Waals surface area contributed by atoms with E-state index in [2.05, 4.69) is 21.5 Å². The minimum Gasteiger partial charge on any atom is -0.286 e. The number of fused-ring (bicyclic) bond motifs is 1. The van der Waals surface area contributed by atoms with Gasteiger partial charge < -0.3 is 0 Å². The summed E-state index contributed by atoms with van der Waals surface area (Å²) in [4.78, 5) is 14.4. The summed E-state index contributed by atoms with van der Waals surface area (Å²) in [5, 5.41) is 0. The number of rotatable bonds is 3. The molecule has 0 aliphatic carbocycles. The summed E-state index contributed by atoms with van der Waals surface area (Å²) in [5.41, 5.74) is 2.04. The molecule has 0 unspecified atom stereocenters. The summed E-state index contributed by atoms with van der Waals surface area (Å²) in [7, 11) is 0. The van der Waals surface area contributed by atoms with Crippen LogP contribution in [0, 0.1) is 5.82 Å². The van der Waals surface area contributed by atoms with E-state index in [1.165, 1.54) is 12.1 Å². The molecule has 0 bridgehead atoms. The molecule has 0 fully saturated rings. The van der Waals surface area contributed by atoms with E-state index in [0.717, 1.165) is 5.52 Å². The maximum atomic E-state index is 13.3. The number of anilines is 2. The van der Waals surface area contributed by atoms with E-state index in [1.54, 1.807) is 41.7 Å². The zero-order chi connectivity index (χ0) is 13.9. The maximum Gasteiger partial charge on any atom is 0.234 e. The maximum absolute atomic E-state index is 13.3. The lowest BCUT2D eigenvalue weighted by molar-refractivity contribution is 0.628. The number of halogens is 1. The lowest BCUT2D eigenvalue weighted by Crippen LogP contribution is -2.11. The Kier molecular flexibility index (Phi) is 3.09. The summed E-state index contributed by atoms with van der Waals surface area (Å²) >= 11 is 0. The fourth-order valence-corrected chi connectivity index (χ4v) is 1.90. The van der Waals surface area contributed by atoms with E-state index < -0.39 is 0 Å². The first-order valence-corrected chi connectivity index (χ1v) is 6.03. The molecule has 2 heterocycles. The van der Waals surface area contributed by atoms with Crippen LogP contribution in [-0.4, -0.2) is 15.0 Å². The average molecular weight is 266 g/mol. The van der Waals surface area contributed by atoms with Gasteiger partial charge in [0, 0.05) is 12.4 Å². The smallest absolute Gasteiger partial charge is 0.234 e. The number of aromatic nitrogens is 3. The molecule has 4 nitrogen and oxygen atoms in total. The normalized spacial score (nSPS) is 10.4. The highest BCUT2D eigenvalue weighted by molar-refractivity contribution is 5.75. The van der Waals surface area contributed by atoms with Crippen molar-refractivity contribution in [3.63, 3.8) is 0 Å². The van der Waals surface area contributed by atoms with Crippen LogP contribution in [0.15, 0.2) is 61.6 Å². The Morgan fingerprint density at radius 2 is 2.00 bits per heavy atom. The van der Waals surface area contributed by atoms with Gasteiger partial charge in [-0.05, 0) is 30.3 Å². The molecule has 0 radical (unpaired) electrons. The topological polar surface area (TPSA) is 41.9 Å². The van der Waals surface area contributed by atoms with Gasteiger partial charge in [-0.2, -0.15) is 0 Å². The van der Waals surface area contributed by atoms with Crippen molar-refractivity contribution in [2.24, 2.45) is 0 Å². The highest BCUT2D eigenvalue weighted by Gasteiger charge is 2.10. The van der Waals surface area contributed by atoms with Crippen molar-refractivity contribution in [2.45, 2.75) is 0 Å². The molecule has 0 saturated carbocycles. The molecule has 3 aromatic rings. The fraction of sp³-hybridized carbons (Fsp3) is 0. The largest absolute Gasteiger partial charge is 0.286 e. The van der Waals surface area contributed by atoms with Crippen LogP contribution in [0.3, 0.4) is 0 Å². The molecule has 0 aliphatic heterocycles. The molecular weight excluding hydrogens is 255 g/mol. The van der Waals surface area contributed by atoms with Crippen molar-refractivity contribution in [3.8, 4) is 0 Å². The van der Waals surface area contributed by atoms with Crippen molar-refractivity contribution < 1.29 is 4.39 Å². The van der Waals surface area contributed by atoms with Crippen molar-refractivity contribution in [1.29, 1.82) is 0 Å². The molecule has 0 N–H and O–H groups in total. The third-order valence-corrected chi connectivity index (χ3v) is 2.82. The van der Waals surface area contributed by atoms with Gasteiger partial charge in [0.1, 0.15) is 11.3 Å². The number of pyridine rings is 1. The van der Waals surface area contributed by atoms with Crippen LogP contribution in [0.25, 0.3) is 11.0 Å². The van der Waals surface area contributed by atoms with Crippen LogP contribution >= 0.6 is 0 Å². The van der Waals surface area contributed by atoms with Gasteiger partial charge in [-0.25, -0.2) is 14.4 Å². The highest BCUT2D eigenvalue weighted by Crippen LogP contribution is 2.23. The van der Waals surface area contributed by atoms with Gasteiger partial charge >= 0.3 is 0 Å². The molecule has 0 aliphatic rings. The second-order valence-corrected chi connectivity index (χ2v) is 4.11. The highest BCUT2D eigenvalue weighted by atomic mass is 19.1. The Labute approximate surface area is 115 Å². The van der Waals surface area contributed by atoms with Gasteiger partial charge in [-0.15, -0.1) is 0 Å². The molecule has 98 valence electrons. The molecule has 0 saturated heterocycles. The van der Waals surface area contributed by atoms with Gasteiger partial charge in [0.05, 0.1) is 17.4 Å². The Bertz CT molecular complexity index is 772. The summed E-state index contributed by atoms with van der Waals surface area (Å²) < 4.78 is 13.3. The second kappa shape index (κ2) is 5.05. The molecule has 5 heteroatoms. The Morgan fingerprint density at radius 3 is 2.80 bits per heavy atom. The van der Waals surface area contributed by atoms with E-state index in [0.29, 0.717) is 17.2 Å². The van der Waals surface area contributed by atoms with Gasteiger partial charge in [0.25, 0.3) is 0 Å². The molecule has 0 spiro atoms. The number of hydrogen-bond acceptors (Lipinski definition) is 4. The first kappa shape index (κ1) is 12.2. The Balaban J connectivity index is 2.09. The summed E-state index contributed by atoms with van der Waals surface area (Å²) in [5.74, 6) is 0.0999. The third-order valence-electron chi connectivity index (χ3n) is 2.82. The molecule has 20 heavy (non-hydrogen) atoms. The number of benzene rings is 1. The first-order chi connectivity index (χ1) is 9.78. The van der Waals surface area contributed by atoms with Crippen LogP contribution in [0.4, 0.5) is 16.0 Å². The average Bonchev–Trinajstić information content (AvgIpc) is 2.48. The van der Waals surface area contributed by atoms with Gasteiger partial charge in [0.2, 0.25) is 5.95 Å². The third kappa shape index (κ3) is 2.21. The van der Waals surface area contributed by atoms with Gasteiger partial charge in [-0.1, -0.05) is 12.6 Å². The Hall–Kier alpha value is -2.82. The molecule has 1 aromatic carbocycles. The summed E-state index contributed by atoms with van der Waals surface area (Å²) in [6.07, 6.45) is 4.86. The summed E-state index contributed by atoms with van der Waals surface area (Å²) in [6, 6.07) is 9.83. The van der Waals surface area contributed by atoms with Crippen molar-refractivity contribution in [2.75, 3.05) is 4.90 Å². The molecule has 2 aromatic heterocycles. The summed E-state index contributed by atoms with van der Waals surface area (Å²) in [6.45, 7) is 3.73. The van der Waals surface area contributed by atoms with E-state index in [9.17, 15) is 4.39 Å². The predicted molar refractivity (Wildman–Crippen MR) is 76.1 cm³/mol. The first-order valence-electron chi connectivity index (χ1n) is 6.03. The molecule has 0 atom stereocenters. The zero-order valence-electron chi connectivity index (χ0n) is 10.6. The number of hydrogen-bond donors (Lipinski definition) is 0. The van der Waals surface area contributed by atoms with Crippen molar-refractivity contribution in [1.82, 2.24) is 15.0 Å². The van der Waals surface area contributed by atoms with Crippen LogP contribution in [-0.2, 0) is 0 Å². The molecule has 3 rings (SSSR count). The lowest BCUT2D eigenvalue weighted by Gasteiger charge is -2.17. The van der Waals surface area contributed by atoms with Gasteiger partial charge in [0.15, 0.2) is 0 Å². The van der Waals surface area contributed by atoms with E-state index in [4.69, 9.17) is 0 Å². The van der Waals surface area contributed by atoms with Crippen LogP contribution < -0.4 is 4.90 Å². The van der Waals surface area contributed by atoms with Crippen LogP contribution in [0.2, 0.25) is 0 Å². The van der Waals surface area contributed by atoms with E-state index in [1.807, 2.05) is 6.07 Å². The minimum atomic E-state index is -0.322. The van der Waals surface area contributed by atoms with E-state index >= 15 is 0 Å². The molecule has 0 amide bonds. The van der Waals surface area contributed by atoms with Crippen molar-refractivity contribution in [3.05, 3.63) is 67.4 Å². The minimum absolute atomic E-state index is 0.322. The molecular formula is C15H11FN4. The quantitative estimate of drug-likeness (QED) is 0.728. The Morgan fingerprint density at radius 1 is 1.10 bits per heavy atom. The zero-order valence-corrected chi connectivity index (χ0v) is 10.6. The second-order valence-electron chi connectivity index (χ2n) is 4.11. The standard InChI is InChI=1S/C15H11FN4/c1-2-20(12-6-3-5-11(16)9-12)15-18-10-14-13(19-15)7-4-8-17-14/h2-10H,1H2. The fourth-order valence-electron chi connectivity index (χ4n) is 1.90. The van der Waals surface area contributed by atoms with Gasteiger partial charge in [-0.3, -0.25) is 9.88 Å².